The van der Waals surface area contributed by atoms with E-state index >= 15 is 0 Å². The van der Waals surface area contributed by atoms with Crippen molar-refractivity contribution in [3.63, 3.8) is 0 Å². The van der Waals surface area contributed by atoms with Crippen LogP contribution in [0.15, 0.2) is 53.5 Å². The summed E-state index contributed by atoms with van der Waals surface area (Å²) in [6.07, 6.45) is 0.250. The lowest BCUT2D eigenvalue weighted by Gasteiger charge is -2.02. The van der Waals surface area contributed by atoms with Crippen molar-refractivity contribution in [3.8, 4) is 0 Å². The zero-order valence-electron chi connectivity index (χ0n) is 20.2. The first-order valence-corrected chi connectivity index (χ1v) is 9.91. The van der Waals surface area contributed by atoms with Gasteiger partial charge >= 0.3 is 12.1 Å². The van der Waals surface area contributed by atoms with Gasteiger partial charge in [0.05, 0.1) is 26.9 Å². The molecule has 0 saturated heterocycles. The maximum absolute atomic E-state index is 12.6. The van der Waals surface area contributed by atoms with Crippen LogP contribution >= 0.6 is 24.8 Å². The van der Waals surface area contributed by atoms with Crippen molar-refractivity contribution in [1.82, 2.24) is 0 Å². The molecular formula is C23H29Cl2F2N3O7. The predicted octanol–water partition coefficient (Wildman–Crippen LogP) is 2.53. The third-order valence-electron chi connectivity index (χ3n) is 3.90. The molecular weight excluding hydrogens is 539 g/mol. The van der Waals surface area contributed by atoms with Gasteiger partial charge in [-0.15, -0.1) is 24.8 Å². The Labute approximate surface area is 225 Å². The number of nitrogens with zero attached hydrogens (tertiary/aromatic N) is 1. The fourth-order valence-corrected chi connectivity index (χ4v) is 2.17. The first kappa shape index (κ1) is 38.1. The van der Waals surface area contributed by atoms with Crippen molar-refractivity contribution >= 4 is 48.7 Å². The van der Waals surface area contributed by atoms with Crippen molar-refractivity contribution in [1.29, 1.82) is 5.41 Å². The van der Waals surface area contributed by atoms with Crippen molar-refractivity contribution in [2.24, 2.45) is 10.7 Å². The highest BCUT2D eigenvalue weighted by Gasteiger charge is 2.15. The van der Waals surface area contributed by atoms with Gasteiger partial charge in [0.1, 0.15) is 24.3 Å². The van der Waals surface area contributed by atoms with Crippen molar-refractivity contribution in [2.45, 2.75) is 19.0 Å². The number of hydrogen-bond acceptors (Lipinski definition) is 10. The van der Waals surface area contributed by atoms with E-state index in [0.717, 1.165) is 5.56 Å². The van der Waals surface area contributed by atoms with Crippen molar-refractivity contribution in [3.05, 3.63) is 71.3 Å². The average Bonchev–Trinajstić information content (AvgIpc) is 3.31. The van der Waals surface area contributed by atoms with Crippen LogP contribution in [0.5, 0.6) is 0 Å². The molecule has 2 aromatic rings. The van der Waals surface area contributed by atoms with E-state index in [1.807, 2.05) is 6.92 Å². The molecule has 0 aliphatic carbocycles. The number of carbonyl (C=O) groups excluding carboxylic acids is 3. The van der Waals surface area contributed by atoms with Crippen molar-refractivity contribution in [2.75, 3.05) is 27.4 Å². The lowest BCUT2D eigenvalue weighted by molar-refractivity contribution is -0.191. The van der Waals surface area contributed by atoms with Gasteiger partial charge < -0.3 is 25.1 Å². The van der Waals surface area contributed by atoms with Crippen LogP contribution in [-0.4, -0.2) is 68.5 Å². The van der Waals surface area contributed by atoms with Gasteiger partial charge in [0.25, 0.3) is 0 Å². The molecule has 0 saturated carbocycles. The fraction of sp³-hybridized carbons (Fsp3) is 0.304. The van der Waals surface area contributed by atoms with Crippen LogP contribution in [0, 0.1) is 17.0 Å². The number of carbonyl (C=O) groups is 1. The Morgan fingerprint density at radius 1 is 1.11 bits per heavy atom. The number of halogens is 4. The third kappa shape index (κ3) is 16.0. The number of rotatable bonds is 4. The molecule has 2 unspecified atom stereocenters. The smallest absolute Gasteiger partial charge is 0.373 e. The summed E-state index contributed by atoms with van der Waals surface area (Å²) in [7, 11) is 2.63. The second kappa shape index (κ2) is 21.8. The summed E-state index contributed by atoms with van der Waals surface area (Å²) in [6.45, 7) is 2.23. The summed E-state index contributed by atoms with van der Waals surface area (Å²) in [4.78, 5) is 30.7. The summed E-state index contributed by atoms with van der Waals surface area (Å²) in [6, 6.07) is 11.1. The molecule has 0 fully saturated rings. The van der Waals surface area contributed by atoms with E-state index in [1.54, 1.807) is 12.1 Å². The number of nitrogens with one attached hydrogen (secondary N) is 1. The number of nitrogens with two attached hydrogens (primary N) is 1. The van der Waals surface area contributed by atoms with Crippen LogP contribution in [0.2, 0.25) is 0 Å². The Hall–Kier alpha value is -3.41. The number of aliphatic imine (C=N–C) groups is 1. The van der Waals surface area contributed by atoms with E-state index in [9.17, 15) is 13.6 Å². The number of aliphatic hydroxyl groups excluding tert-OH is 1. The fourth-order valence-electron chi connectivity index (χ4n) is 2.17. The zero-order chi connectivity index (χ0) is 26.8. The molecule has 37 heavy (non-hydrogen) atoms. The van der Waals surface area contributed by atoms with E-state index in [-0.39, 0.29) is 61.1 Å². The number of methoxy groups -OCH3 is 2. The molecule has 1 aliphatic heterocycles. The highest BCUT2D eigenvalue weighted by molar-refractivity contribution is 5.95. The standard InChI is InChI=1S/C10H10FNO.C8H8FNO.C4H9NO3.CO2.2ClH/c1-7-6-13-10(12-7)8-2-4-9(11)5-3-8;1-11-8(10)6-2-4-7(9)5-3-6;1-8-4(7)3(5)2-6;2-1-3;;/h2-5,7H,6H2,1H3;2-5,10H,1H3;3,6H,2,5H2,1H3;;2*1H. The molecule has 4 N–H and O–H groups in total. The molecule has 0 spiro atoms. The Morgan fingerprint density at radius 2 is 1.57 bits per heavy atom. The minimum absolute atomic E-state index is 0. The highest BCUT2D eigenvalue weighted by Crippen LogP contribution is 2.12. The minimum atomic E-state index is -0.889. The second-order valence-electron chi connectivity index (χ2n) is 6.54. The molecule has 1 heterocycles. The first-order chi connectivity index (χ1) is 16.6. The Balaban J connectivity index is -0.000000444. The summed E-state index contributed by atoms with van der Waals surface area (Å²) < 4.78 is 39.0. The van der Waals surface area contributed by atoms with Gasteiger partial charge in [0.2, 0.25) is 11.8 Å². The number of aliphatic hydroxyl groups is 1. The summed E-state index contributed by atoms with van der Waals surface area (Å²) in [5.41, 5.74) is 6.42. The largest absolute Gasteiger partial charge is 0.481 e. The number of ether oxygens (including phenoxy) is 3. The molecule has 0 amide bonds. The summed E-state index contributed by atoms with van der Waals surface area (Å²) in [5, 5.41) is 15.4. The van der Waals surface area contributed by atoms with Crippen LogP contribution in [0.1, 0.15) is 18.1 Å². The normalized spacial score (nSPS) is 13.2. The van der Waals surface area contributed by atoms with Gasteiger partial charge in [-0.1, -0.05) is 0 Å². The minimum Gasteiger partial charge on any atom is -0.481 e. The van der Waals surface area contributed by atoms with Gasteiger partial charge in [0.15, 0.2) is 0 Å². The van der Waals surface area contributed by atoms with Crippen LogP contribution in [0.3, 0.4) is 0 Å². The topological polar surface area (TPSA) is 161 Å². The number of esters is 1. The highest BCUT2D eigenvalue weighted by atomic mass is 35.5. The van der Waals surface area contributed by atoms with Crippen molar-refractivity contribution < 1.29 is 42.5 Å². The van der Waals surface area contributed by atoms with Gasteiger partial charge in [0, 0.05) is 11.1 Å². The molecule has 0 radical (unpaired) electrons. The molecule has 14 heteroatoms. The Bertz CT molecular complexity index is 989. The maximum atomic E-state index is 12.6. The molecule has 0 aromatic heterocycles. The Morgan fingerprint density at radius 3 is 1.89 bits per heavy atom. The van der Waals surface area contributed by atoms with Gasteiger partial charge in [-0.25, -0.2) is 13.8 Å². The number of benzene rings is 2. The number of hydrogen-bond donors (Lipinski definition) is 3. The van der Waals surface area contributed by atoms with Crippen LogP contribution in [-0.2, 0) is 28.6 Å². The van der Waals surface area contributed by atoms with Gasteiger partial charge in [-0.3, -0.25) is 10.2 Å². The predicted molar refractivity (Wildman–Crippen MR) is 135 cm³/mol. The molecule has 2 aromatic carbocycles. The monoisotopic (exact) mass is 567 g/mol. The lowest BCUT2D eigenvalue weighted by Crippen LogP contribution is -2.34. The maximum Gasteiger partial charge on any atom is 0.373 e. The van der Waals surface area contributed by atoms with E-state index in [4.69, 9.17) is 30.6 Å². The zero-order valence-corrected chi connectivity index (χ0v) is 21.8. The van der Waals surface area contributed by atoms with Crippen LogP contribution < -0.4 is 5.73 Å². The summed E-state index contributed by atoms with van der Waals surface area (Å²) in [5.74, 6) is -0.474. The van der Waals surface area contributed by atoms with Gasteiger partial charge in [-0.05, 0) is 55.5 Å². The van der Waals surface area contributed by atoms with E-state index < -0.39 is 12.0 Å². The quantitative estimate of drug-likeness (QED) is 0.288. The third-order valence-corrected chi connectivity index (χ3v) is 3.90. The Kier molecular flexibility index (Phi) is 22.5. The molecule has 206 valence electrons. The van der Waals surface area contributed by atoms with Crippen LogP contribution in [0.25, 0.3) is 0 Å². The molecule has 2 atom stereocenters. The summed E-state index contributed by atoms with van der Waals surface area (Å²) >= 11 is 0. The SMILES string of the molecule is CC1COC(c2ccc(F)cc2)=N1.COC(=N)c1ccc(F)cc1.COC(=O)C(N)CO.Cl.Cl.O=C=O. The molecule has 3 rings (SSSR count). The molecule has 10 nitrogen and oxygen atoms in total. The average molecular weight is 568 g/mol. The molecule has 0 bridgehead atoms. The van der Waals surface area contributed by atoms with E-state index in [1.165, 1.54) is 50.6 Å². The van der Waals surface area contributed by atoms with Gasteiger partial charge in [-0.2, -0.15) is 9.59 Å². The lowest BCUT2D eigenvalue weighted by atomic mass is 10.2. The van der Waals surface area contributed by atoms with E-state index in [0.29, 0.717) is 18.1 Å². The molecule has 1 aliphatic rings. The van der Waals surface area contributed by atoms with Crippen LogP contribution in [0.4, 0.5) is 8.78 Å². The first-order valence-electron chi connectivity index (χ1n) is 9.91. The second-order valence-corrected chi connectivity index (χ2v) is 6.54. The van der Waals surface area contributed by atoms with E-state index in [2.05, 4.69) is 14.5 Å².